The number of hydrogen-bond donors (Lipinski definition) is 1. The maximum Gasteiger partial charge on any atom is 0.369 e. The fourth-order valence-electron chi connectivity index (χ4n) is 12.4. The van der Waals surface area contributed by atoms with Crippen LogP contribution in [-0.2, 0) is 63.9 Å². The molecule has 9 atom stereocenters. The number of hydrogen-bond acceptors (Lipinski definition) is 14. The molecule has 1 aliphatic heterocycles. The highest BCUT2D eigenvalue weighted by Crippen LogP contribution is 2.68. The molecule has 4 aromatic rings. The number of esters is 4. The summed E-state index contributed by atoms with van der Waals surface area (Å²) >= 11 is 0. The van der Waals surface area contributed by atoms with E-state index in [1.807, 2.05) is 41.5 Å². The molecule has 18 heteroatoms. The number of halogens is 2. The summed E-state index contributed by atoms with van der Waals surface area (Å²) in [6.45, 7) is 31.6. The maximum absolute atomic E-state index is 13.0. The monoisotopic (exact) mass is 1320 g/mol. The van der Waals surface area contributed by atoms with E-state index >= 15 is 0 Å². The zero-order chi connectivity index (χ0) is 69.1. The van der Waals surface area contributed by atoms with Crippen molar-refractivity contribution in [1.29, 1.82) is 0 Å². The number of rotatable bonds is 18. The molecule has 92 heavy (non-hydrogen) atoms. The second kappa shape index (κ2) is 31.4. The lowest BCUT2D eigenvalue weighted by atomic mass is 9.49. The van der Waals surface area contributed by atoms with Crippen molar-refractivity contribution in [2.24, 2.45) is 57.2 Å². The number of aryl methyl sites for hydroxylation is 2. The minimum Gasteiger partial charge on any atom is -0.743 e. The molecule has 10 rings (SSSR count). The van der Waals surface area contributed by atoms with Crippen LogP contribution in [0, 0.1) is 71.0 Å². The molecule has 5 fully saturated rings. The molecule has 0 spiro atoms. The Balaban J connectivity index is 0.000000210. The molecular formula is C74H102F2O14S2. The Kier molecular flexibility index (Phi) is 26.2. The van der Waals surface area contributed by atoms with Crippen LogP contribution in [0.3, 0.4) is 0 Å². The maximum atomic E-state index is 13.0. The minimum absolute atomic E-state index is 0.0146. The third-order valence-corrected chi connectivity index (χ3v) is 23.2. The molecule has 0 saturated heterocycles. The Morgan fingerprint density at radius 1 is 0.641 bits per heavy atom. The number of alkyl halides is 2. The second-order valence-corrected chi connectivity index (χ2v) is 31.4. The Morgan fingerprint density at radius 2 is 1.04 bits per heavy atom. The first-order chi connectivity index (χ1) is 42.8. The van der Waals surface area contributed by atoms with Crippen LogP contribution in [0.25, 0.3) is 0 Å². The van der Waals surface area contributed by atoms with E-state index in [0.717, 1.165) is 55.3 Å². The predicted molar refractivity (Wildman–Crippen MR) is 353 cm³/mol. The van der Waals surface area contributed by atoms with Crippen LogP contribution in [0.1, 0.15) is 193 Å². The highest BCUT2D eigenvalue weighted by Gasteiger charge is 2.65. The molecule has 4 aromatic carbocycles. The van der Waals surface area contributed by atoms with Crippen molar-refractivity contribution in [3.05, 3.63) is 126 Å². The number of ketones is 1. The van der Waals surface area contributed by atoms with Gasteiger partial charge in [0.25, 0.3) is 0 Å². The van der Waals surface area contributed by atoms with E-state index in [0.29, 0.717) is 48.3 Å². The number of Topliss-reactive ketones (excluding diaryl/α,β-unsaturated/α-hetero) is 1. The van der Waals surface area contributed by atoms with Crippen LogP contribution in [-0.4, -0.2) is 70.8 Å². The lowest BCUT2D eigenvalue weighted by molar-refractivity contribution is -0.211. The van der Waals surface area contributed by atoms with Gasteiger partial charge in [-0.1, -0.05) is 89.2 Å². The van der Waals surface area contributed by atoms with Gasteiger partial charge in [-0.2, -0.15) is 8.78 Å². The molecule has 14 nitrogen and oxygen atoms in total. The molecule has 0 aromatic heterocycles. The molecule has 1 N–H and O–H groups in total. The molecular weight excluding hydrogens is 1210 g/mol. The van der Waals surface area contributed by atoms with Gasteiger partial charge < -0.3 is 33.3 Å². The lowest BCUT2D eigenvalue weighted by Crippen LogP contribution is -2.59. The fourth-order valence-corrected chi connectivity index (χ4v) is 14.9. The number of fused-ring (bicyclic) bond motifs is 4. The van der Waals surface area contributed by atoms with Gasteiger partial charge in [-0.25, -0.2) is 8.42 Å². The van der Waals surface area contributed by atoms with E-state index in [9.17, 15) is 50.8 Å². The smallest absolute Gasteiger partial charge is 0.369 e. The Labute approximate surface area is 549 Å². The van der Waals surface area contributed by atoms with E-state index in [1.54, 1.807) is 60.6 Å². The molecule has 0 radical (unpaired) electrons. The van der Waals surface area contributed by atoms with Gasteiger partial charge >= 0.3 is 29.1 Å². The van der Waals surface area contributed by atoms with Crippen LogP contribution >= 0.6 is 0 Å². The summed E-state index contributed by atoms with van der Waals surface area (Å²) in [7, 11) is -5.87. The minimum atomic E-state index is -5.86. The van der Waals surface area contributed by atoms with E-state index < -0.39 is 55.8 Å². The Morgan fingerprint density at radius 3 is 1.45 bits per heavy atom. The Bertz CT molecular complexity index is 3190. The third kappa shape index (κ3) is 18.2. The summed E-state index contributed by atoms with van der Waals surface area (Å²) in [4.78, 5) is 63.6. The average molecular weight is 1320 g/mol. The topological polar surface area (TPSA) is 209 Å². The highest BCUT2D eigenvalue weighted by atomic mass is 32.2. The molecule has 6 aliphatic rings. The summed E-state index contributed by atoms with van der Waals surface area (Å²) in [5.41, 5.74) is -1.15. The number of phenols is 1. The van der Waals surface area contributed by atoms with Crippen LogP contribution in [0.15, 0.2) is 129 Å². The van der Waals surface area contributed by atoms with Gasteiger partial charge in [-0.05, 0) is 250 Å². The summed E-state index contributed by atoms with van der Waals surface area (Å²) < 4.78 is 83.3. The second-order valence-electron chi connectivity index (χ2n) is 27.9. The van der Waals surface area contributed by atoms with Crippen molar-refractivity contribution in [1.82, 2.24) is 0 Å². The van der Waals surface area contributed by atoms with Crippen molar-refractivity contribution >= 4 is 50.7 Å². The quantitative estimate of drug-likeness (QED) is 0.0323. The third-order valence-electron chi connectivity index (χ3n) is 20.0. The molecule has 5 saturated carbocycles. The van der Waals surface area contributed by atoms with Crippen molar-refractivity contribution in [3.8, 4) is 11.5 Å². The first-order valence-corrected chi connectivity index (χ1v) is 35.3. The zero-order valence-corrected chi connectivity index (χ0v) is 59.2. The predicted octanol–water partition coefficient (Wildman–Crippen LogP) is 17.0. The largest absolute Gasteiger partial charge is 0.743 e. The number of phenolic OH excluding ortho intramolecular Hbond substituents is 1. The standard InChI is InChI=1S/C21H34O2.C18H15S.C14H20O3.C12H18O4.C9H16F2O5S/c1-5-20(3,4)19(22)23-21(6-2)12-15-9-10-16(21)18-14-8-7-13(11-14)17(15)18;1-4-10-16(11-5-1)19(17-12-6-2-7-13-17)18-14-8-3-9-15-18;1-6-14(4,5)13(16)17-11-7-9(2)12(15)10(3)8-11;1-6-12(4,5)11(14)16-10-8(3)15-7(2)9(10)13;1-5-8(3,4)7(12)16-6(2)9(10,11)17(13,14)15/h13-18H,5-12H2,1-4H3;1-15H;7-8,15H,6H2,1-5H3;7H,6H2,1-5H3;6H,5H2,1-4H3,(H,13,14,15)/q;+1;;;/p-1. The summed E-state index contributed by atoms with van der Waals surface area (Å²) in [5.74, 6) is 4.64. The lowest BCUT2D eigenvalue weighted by Gasteiger charge is -2.59. The highest BCUT2D eigenvalue weighted by molar-refractivity contribution is 7.97. The summed E-state index contributed by atoms with van der Waals surface area (Å²) in [6, 6.07) is 35.5. The normalized spacial score (nSPS) is 22.7. The summed E-state index contributed by atoms with van der Waals surface area (Å²) in [6.07, 6.45) is 8.99. The number of benzene rings is 4. The van der Waals surface area contributed by atoms with E-state index in [1.165, 1.54) is 60.6 Å². The SMILES string of the molecule is CCC(C)(C)C(=O)OC(C)C(F)(F)S(=O)(=O)[O-].CCC(C)(C)C(=O)OC1(CC)CC2CCC1C1C3CCC(C3)C21.CCC(C)(C)C(=O)OC1=C(C)OC(C)C1=O.CCC(C)(C)C(=O)Oc1cc(C)c(O)c(C)c1.c1ccc([S+](c2ccccc2)c2ccccc2)cc1. The van der Waals surface area contributed by atoms with E-state index in [-0.39, 0.29) is 51.1 Å². The first-order valence-electron chi connectivity index (χ1n) is 32.6. The van der Waals surface area contributed by atoms with Gasteiger partial charge in [-0.15, -0.1) is 0 Å². The van der Waals surface area contributed by atoms with Crippen LogP contribution in [0.5, 0.6) is 11.5 Å². The Hall–Kier alpha value is -6.11. The zero-order valence-electron chi connectivity index (χ0n) is 57.5. The number of ether oxygens (including phenoxy) is 5. The fraction of sp³-hybridized carbons (Fsp3) is 0.581. The van der Waals surface area contributed by atoms with Gasteiger partial charge in [0.2, 0.25) is 11.5 Å². The van der Waals surface area contributed by atoms with Crippen molar-refractivity contribution in [3.63, 3.8) is 0 Å². The van der Waals surface area contributed by atoms with Gasteiger partial charge in [0.1, 0.15) is 22.9 Å². The number of allylic oxidation sites excluding steroid dienone is 1. The molecule has 4 bridgehead atoms. The van der Waals surface area contributed by atoms with Crippen LogP contribution in [0.2, 0.25) is 0 Å². The average Bonchev–Trinajstić information content (AvgIpc) is 1.47. The van der Waals surface area contributed by atoms with Crippen LogP contribution < -0.4 is 4.74 Å². The molecule has 1 heterocycles. The number of carbonyl (C=O) groups excluding carboxylic acids is 5. The number of carbonyl (C=O) groups is 5. The molecule has 5 aliphatic carbocycles. The van der Waals surface area contributed by atoms with Crippen molar-refractivity contribution in [2.45, 2.75) is 233 Å². The van der Waals surface area contributed by atoms with Crippen molar-refractivity contribution in [2.75, 3.05) is 0 Å². The molecule has 0 amide bonds. The van der Waals surface area contributed by atoms with Gasteiger partial charge in [0.05, 0.1) is 32.6 Å². The van der Waals surface area contributed by atoms with Gasteiger partial charge in [0, 0.05) is 5.92 Å². The first kappa shape index (κ1) is 76.6. The van der Waals surface area contributed by atoms with E-state index in [4.69, 9.17) is 18.9 Å². The number of aromatic hydroxyl groups is 1. The summed E-state index contributed by atoms with van der Waals surface area (Å²) in [5, 5.41) is 5.00. The van der Waals surface area contributed by atoms with Gasteiger partial charge in [0.15, 0.2) is 37.0 Å². The molecule has 9 unspecified atom stereocenters. The molecule has 508 valence electrons. The van der Waals surface area contributed by atoms with Crippen LogP contribution in [0.4, 0.5) is 8.78 Å². The van der Waals surface area contributed by atoms with Gasteiger partial charge in [-0.3, -0.25) is 24.0 Å². The van der Waals surface area contributed by atoms with Crippen molar-refractivity contribution < 1.29 is 74.5 Å². The van der Waals surface area contributed by atoms with E-state index in [2.05, 4.69) is 110 Å².